The van der Waals surface area contributed by atoms with Crippen molar-refractivity contribution in [1.29, 1.82) is 0 Å². The SMILES string of the molecule is C=CCN1CCC(COc2ccc3c(c2)C(=O)NC3)=C(c2ccc(F)cc2)CC1. The van der Waals surface area contributed by atoms with Crippen LogP contribution >= 0.6 is 0 Å². The molecule has 2 heterocycles. The lowest BCUT2D eigenvalue weighted by atomic mass is 9.96. The molecule has 4 nitrogen and oxygen atoms in total. The van der Waals surface area contributed by atoms with Gasteiger partial charge in [-0.3, -0.25) is 9.69 Å². The Kier molecular flexibility index (Phi) is 5.76. The van der Waals surface area contributed by atoms with Crippen molar-refractivity contribution in [1.82, 2.24) is 10.2 Å². The predicted octanol–water partition coefficient (Wildman–Crippen LogP) is 4.18. The van der Waals surface area contributed by atoms with Gasteiger partial charge in [0.2, 0.25) is 0 Å². The first kappa shape index (κ1) is 19.4. The van der Waals surface area contributed by atoms with Gasteiger partial charge in [0.05, 0.1) is 0 Å². The average Bonchev–Trinajstić information content (AvgIpc) is 2.98. The first-order valence-electron chi connectivity index (χ1n) is 9.98. The predicted molar refractivity (Wildman–Crippen MR) is 112 cm³/mol. The second-order valence-electron chi connectivity index (χ2n) is 7.47. The second kappa shape index (κ2) is 8.62. The van der Waals surface area contributed by atoms with E-state index < -0.39 is 0 Å². The van der Waals surface area contributed by atoms with Crippen LogP contribution < -0.4 is 10.1 Å². The van der Waals surface area contributed by atoms with Crippen molar-refractivity contribution >= 4 is 11.5 Å². The summed E-state index contributed by atoms with van der Waals surface area (Å²) in [7, 11) is 0. The number of halogens is 1. The Morgan fingerprint density at radius 1 is 1.14 bits per heavy atom. The van der Waals surface area contributed by atoms with Gasteiger partial charge >= 0.3 is 0 Å². The molecule has 29 heavy (non-hydrogen) atoms. The zero-order valence-corrected chi connectivity index (χ0v) is 16.4. The van der Waals surface area contributed by atoms with E-state index in [1.807, 2.05) is 36.4 Å². The lowest BCUT2D eigenvalue weighted by molar-refractivity contribution is 0.0965. The van der Waals surface area contributed by atoms with Gasteiger partial charge in [0, 0.05) is 31.7 Å². The van der Waals surface area contributed by atoms with Crippen molar-refractivity contribution in [3.63, 3.8) is 0 Å². The highest BCUT2D eigenvalue weighted by Gasteiger charge is 2.20. The number of benzene rings is 2. The summed E-state index contributed by atoms with van der Waals surface area (Å²) in [5, 5.41) is 2.83. The van der Waals surface area contributed by atoms with Gasteiger partial charge in [-0.25, -0.2) is 4.39 Å². The summed E-state index contributed by atoms with van der Waals surface area (Å²) in [6.45, 7) is 7.59. The maximum Gasteiger partial charge on any atom is 0.252 e. The molecular formula is C24H25FN2O2. The first-order chi connectivity index (χ1) is 14.1. The summed E-state index contributed by atoms with van der Waals surface area (Å²) in [6.07, 6.45) is 3.69. The number of carbonyl (C=O) groups excluding carboxylic acids is 1. The lowest BCUT2D eigenvalue weighted by Crippen LogP contribution is -2.25. The smallest absolute Gasteiger partial charge is 0.252 e. The molecule has 0 bridgehead atoms. The first-order valence-corrected chi connectivity index (χ1v) is 9.98. The third-order valence-corrected chi connectivity index (χ3v) is 5.59. The topological polar surface area (TPSA) is 41.6 Å². The fourth-order valence-electron chi connectivity index (χ4n) is 3.98. The van der Waals surface area contributed by atoms with Gasteiger partial charge in [0.15, 0.2) is 0 Å². The Balaban J connectivity index is 1.56. The molecule has 2 aliphatic heterocycles. The van der Waals surface area contributed by atoms with E-state index in [0.29, 0.717) is 24.5 Å². The van der Waals surface area contributed by atoms with Crippen LogP contribution in [-0.4, -0.2) is 37.0 Å². The molecule has 5 heteroatoms. The number of hydrogen-bond acceptors (Lipinski definition) is 3. The average molecular weight is 392 g/mol. The van der Waals surface area contributed by atoms with Gasteiger partial charge in [0.25, 0.3) is 5.91 Å². The van der Waals surface area contributed by atoms with Crippen molar-refractivity contribution in [2.45, 2.75) is 19.4 Å². The Hall–Kier alpha value is -2.92. The Bertz CT molecular complexity index is 950. The summed E-state index contributed by atoms with van der Waals surface area (Å²) in [5.74, 6) is 0.413. The molecule has 0 saturated carbocycles. The Labute approximate surface area is 170 Å². The van der Waals surface area contributed by atoms with E-state index in [9.17, 15) is 9.18 Å². The van der Waals surface area contributed by atoms with E-state index in [1.165, 1.54) is 23.3 Å². The van der Waals surface area contributed by atoms with Gasteiger partial charge < -0.3 is 10.1 Å². The number of fused-ring (bicyclic) bond motifs is 1. The van der Waals surface area contributed by atoms with Gasteiger partial charge in [-0.05, 0) is 59.4 Å². The van der Waals surface area contributed by atoms with E-state index >= 15 is 0 Å². The van der Waals surface area contributed by atoms with Crippen molar-refractivity contribution in [2.24, 2.45) is 0 Å². The molecule has 0 aromatic heterocycles. The minimum atomic E-state index is -0.231. The van der Waals surface area contributed by atoms with Crippen LogP contribution in [0.3, 0.4) is 0 Å². The van der Waals surface area contributed by atoms with Crippen LogP contribution in [0, 0.1) is 5.82 Å². The highest BCUT2D eigenvalue weighted by molar-refractivity contribution is 5.98. The maximum atomic E-state index is 13.4. The molecule has 0 fully saturated rings. The Morgan fingerprint density at radius 3 is 2.72 bits per heavy atom. The van der Waals surface area contributed by atoms with Gasteiger partial charge in [-0.1, -0.05) is 24.3 Å². The fraction of sp³-hybridized carbons (Fsp3) is 0.292. The second-order valence-corrected chi connectivity index (χ2v) is 7.47. The zero-order chi connectivity index (χ0) is 20.2. The normalized spacial score (nSPS) is 16.9. The van der Waals surface area contributed by atoms with Crippen molar-refractivity contribution in [3.8, 4) is 5.75 Å². The molecule has 0 radical (unpaired) electrons. The fourth-order valence-corrected chi connectivity index (χ4v) is 3.98. The third kappa shape index (κ3) is 4.40. The zero-order valence-electron chi connectivity index (χ0n) is 16.4. The highest BCUT2D eigenvalue weighted by atomic mass is 19.1. The summed E-state index contributed by atoms with van der Waals surface area (Å²) < 4.78 is 19.5. The molecule has 4 rings (SSSR count). The van der Waals surface area contributed by atoms with E-state index in [2.05, 4.69) is 16.8 Å². The molecule has 0 spiro atoms. The van der Waals surface area contributed by atoms with Crippen LogP contribution in [-0.2, 0) is 6.54 Å². The van der Waals surface area contributed by atoms with Crippen LogP contribution in [0.4, 0.5) is 4.39 Å². The molecule has 2 aromatic rings. The van der Waals surface area contributed by atoms with Gasteiger partial charge in [-0.15, -0.1) is 6.58 Å². The Morgan fingerprint density at radius 2 is 1.93 bits per heavy atom. The van der Waals surface area contributed by atoms with Crippen LogP contribution in [0.1, 0.15) is 34.3 Å². The van der Waals surface area contributed by atoms with Crippen molar-refractivity contribution < 1.29 is 13.9 Å². The number of ether oxygens (including phenoxy) is 1. The number of carbonyl (C=O) groups is 1. The molecule has 0 saturated heterocycles. The molecule has 1 N–H and O–H groups in total. The van der Waals surface area contributed by atoms with Gasteiger partial charge in [-0.2, -0.15) is 0 Å². The number of amides is 1. The summed E-state index contributed by atoms with van der Waals surface area (Å²) in [5.41, 5.74) is 5.17. The third-order valence-electron chi connectivity index (χ3n) is 5.59. The monoisotopic (exact) mass is 392 g/mol. The van der Waals surface area contributed by atoms with E-state index in [1.54, 1.807) is 0 Å². The highest BCUT2D eigenvalue weighted by Crippen LogP contribution is 2.29. The van der Waals surface area contributed by atoms with Crippen molar-refractivity contribution in [2.75, 3.05) is 26.2 Å². The molecule has 150 valence electrons. The largest absolute Gasteiger partial charge is 0.489 e. The van der Waals surface area contributed by atoms with Crippen molar-refractivity contribution in [3.05, 3.63) is 83.2 Å². The van der Waals surface area contributed by atoms with E-state index in [4.69, 9.17) is 4.74 Å². The van der Waals surface area contributed by atoms with Gasteiger partial charge in [0.1, 0.15) is 18.2 Å². The van der Waals surface area contributed by atoms with Crippen LogP contribution in [0.15, 0.2) is 60.7 Å². The molecule has 2 aliphatic rings. The molecule has 0 aliphatic carbocycles. The molecule has 0 atom stereocenters. The standard InChI is InChI=1S/C24H25FN2O2/c1-2-11-27-12-9-19(22(10-13-27)17-3-6-20(25)7-4-17)16-29-21-8-5-18-15-26-24(28)23(18)14-21/h2-8,14H,1,9-13,15-16H2,(H,26,28). The van der Waals surface area contributed by atoms with E-state index in [-0.39, 0.29) is 11.7 Å². The molecule has 1 amide bonds. The lowest BCUT2D eigenvalue weighted by Gasteiger charge is -2.17. The minimum Gasteiger partial charge on any atom is -0.489 e. The number of hydrogen-bond donors (Lipinski definition) is 1. The molecule has 0 unspecified atom stereocenters. The molecular weight excluding hydrogens is 367 g/mol. The summed E-state index contributed by atoms with van der Waals surface area (Å²) in [6, 6.07) is 12.4. The number of nitrogens with zero attached hydrogens (tertiary/aromatic N) is 1. The summed E-state index contributed by atoms with van der Waals surface area (Å²) in [4.78, 5) is 14.3. The quantitative estimate of drug-likeness (QED) is 0.750. The van der Waals surface area contributed by atoms with Crippen LogP contribution in [0.2, 0.25) is 0 Å². The maximum absolute atomic E-state index is 13.4. The van der Waals surface area contributed by atoms with Crippen LogP contribution in [0.5, 0.6) is 5.75 Å². The molecule has 2 aromatic carbocycles. The minimum absolute atomic E-state index is 0.0498. The van der Waals surface area contributed by atoms with Crippen LogP contribution in [0.25, 0.3) is 5.57 Å². The number of rotatable bonds is 6. The number of nitrogens with one attached hydrogen (secondary N) is 1. The summed E-state index contributed by atoms with van der Waals surface area (Å²) >= 11 is 0. The van der Waals surface area contributed by atoms with E-state index in [0.717, 1.165) is 43.6 Å².